The molecule has 0 fully saturated rings. The molecule has 4 aromatic rings. The summed E-state index contributed by atoms with van der Waals surface area (Å²) in [6.45, 7) is 0.493. The third-order valence-electron chi connectivity index (χ3n) is 5.49. The highest BCUT2D eigenvalue weighted by Crippen LogP contribution is 2.26. The van der Waals surface area contributed by atoms with Crippen LogP contribution in [0.5, 0.6) is 11.5 Å². The van der Waals surface area contributed by atoms with Crippen LogP contribution in [-0.4, -0.2) is 33.8 Å². The Morgan fingerprint density at radius 1 is 0.941 bits per heavy atom. The number of carbonyl (C=O) groups excluding carboxylic acids is 1. The van der Waals surface area contributed by atoms with Gasteiger partial charge in [-0.05, 0) is 59.0 Å². The fourth-order valence-electron chi connectivity index (χ4n) is 3.61. The number of carboxylic acids is 1. The van der Waals surface area contributed by atoms with Gasteiger partial charge in [0.1, 0.15) is 0 Å². The molecule has 1 amide bonds. The van der Waals surface area contributed by atoms with Crippen molar-refractivity contribution in [1.82, 2.24) is 9.88 Å². The first-order chi connectivity index (χ1) is 16.4. The van der Waals surface area contributed by atoms with Gasteiger partial charge in [0.25, 0.3) is 11.5 Å². The van der Waals surface area contributed by atoms with E-state index in [1.54, 1.807) is 54.7 Å². The number of benzene rings is 3. The molecule has 0 spiro atoms. The first-order valence-corrected chi connectivity index (χ1v) is 10.5. The van der Waals surface area contributed by atoms with Crippen molar-refractivity contribution in [3.05, 3.63) is 106 Å². The van der Waals surface area contributed by atoms with Crippen molar-refractivity contribution >= 4 is 22.6 Å². The van der Waals surface area contributed by atoms with E-state index in [2.05, 4.69) is 5.32 Å². The molecule has 0 saturated heterocycles. The monoisotopic (exact) mass is 458 g/mol. The molecule has 0 unspecified atom stereocenters. The average Bonchev–Trinajstić information content (AvgIpc) is 2.85. The van der Waals surface area contributed by atoms with E-state index in [0.29, 0.717) is 22.1 Å². The maximum absolute atomic E-state index is 13.1. The lowest BCUT2D eigenvalue weighted by Gasteiger charge is -2.10. The molecule has 8 heteroatoms. The van der Waals surface area contributed by atoms with E-state index in [9.17, 15) is 19.5 Å². The number of phenols is 1. The number of aromatic hydroxyl groups is 1. The quantitative estimate of drug-likeness (QED) is 0.391. The number of hydrogen-bond donors (Lipinski definition) is 3. The number of ether oxygens (including phenoxy) is 1. The molecule has 0 saturated carbocycles. The predicted octanol–water partition coefficient (Wildman–Crippen LogP) is 3.39. The zero-order valence-electron chi connectivity index (χ0n) is 18.3. The van der Waals surface area contributed by atoms with Crippen molar-refractivity contribution in [3.8, 4) is 11.5 Å². The average molecular weight is 458 g/mol. The minimum absolute atomic E-state index is 0.0150. The summed E-state index contributed by atoms with van der Waals surface area (Å²) in [5.74, 6) is -1.02. The molecule has 1 aromatic heterocycles. The van der Waals surface area contributed by atoms with Crippen molar-refractivity contribution in [2.45, 2.75) is 13.1 Å². The number of nitrogens with zero attached hydrogens (tertiary/aromatic N) is 1. The number of carboxylic acid groups (broad SMARTS) is 1. The Balaban J connectivity index is 1.54. The van der Waals surface area contributed by atoms with Gasteiger partial charge >= 0.3 is 5.97 Å². The Morgan fingerprint density at radius 3 is 2.35 bits per heavy atom. The Morgan fingerprint density at radius 2 is 1.65 bits per heavy atom. The molecular formula is C26H22N2O6. The van der Waals surface area contributed by atoms with Crippen LogP contribution in [0.15, 0.2) is 77.7 Å². The van der Waals surface area contributed by atoms with Crippen LogP contribution in [0.1, 0.15) is 31.8 Å². The molecule has 1 heterocycles. The van der Waals surface area contributed by atoms with Crippen molar-refractivity contribution in [2.24, 2.45) is 0 Å². The van der Waals surface area contributed by atoms with Crippen LogP contribution in [0.2, 0.25) is 0 Å². The number of fused-ring (bicyclic) bond motifs is 1. The number of nitrogens with one attached hydrogen (secondary N) is 1. The molecule has 8 nitrogen and oxygen atoms in total. The summed E-state index contributed by atoms with van der Waals surface area (Å²) in [5, 5.41) is 22.7. The van der Waals surface area contributed by atoms with Gasteiger partial charge in [-0.25, -0.2) is 4.79 Å². The molecule has 3 N–H and O–H groups in total. The number of aromatic carboxylic acids is 1. The Bertz CT molecular complexity index is 1440. The summed E-state index contributed by atoms with van der Waals surface area (Å²) < 4.78 is 6.60. The molecule has 0 radical (unpaired) electrons. The molecule has 0 aliphatic rings. The standard InChI is InChI=1S/C26H22N2O6/c1-34-23-12-17(4-9-22(23)29)14-27-24(30)20-8-7-18-10-11-28(25(31)21(18)13-20)15-16-2-5-19(6-3-16)26(32)33/h2-13,29H,14-15H2,1H3,(H,27,30)(H,32,33). The van der Waals surface area contributed by atoms with E-state index in [-0.39, 0.29) is 35.9 Å². The smallest absolute Gasteiger partial charge is 0.335 e. The van der Waals surface area contributed by atoms with Crippen LogP contribution in [0.3, 0.4) is 0 Å². The van der Waals surface area contributed by atoms with Crippen LogP contribution in [-0.2, 0) is 13.1 Å². The number of aromatic nitrogens is 1. The summed E-state index contributed by atoms with van der Waals surface area (Å²) in [6.07, 6.45) is 1.67. The minimum atomic E-state index is -1.01. The van der Waals surface area contributed by atoms with Gasteiger partial charge in [-0.1, -0.05) is 24.3 Å². The number of phenolic OH excluding ortho intramolecular Hbond substituents is 1. The van der Waals surface area contributed by atoms with Crippen LogP contribution in [0.25, 0.3) is 10.8 Å². The molecule has 0 atom stereocenters. The topological polar surface area (TPSA) is 118 Å². The first-order valence-electron chi connectivity index (χ1n) is 10.5. The highest BCUT2D eigenvalue weighted by atomic mass is 16.5. The highest BCUT2D eigenvalue weighted by Gasteiger charge is 2.11. The Kier molecular flexibility index (Phi) is 6.31. The second-order valence-corrected chi connectivity index (χ2v) is 7.74. The zero-order valence-corrected chi connectivity index (χ0v) is 18.3. The first kappa shape index (κ1) is 22.6. The van der Waals surface area contributed by atoms with Crippen LogP contribution < -0.4 is 15.6 Å². The zero-order chi connectivity index (χ0) is 24.2. The van der Waals surface area contributed by atoms with Gasteiger partial charge in [0, 0.05) is 23.7 Å². The summed E-state index contributed by atoms with van der Waals surface area (Å²) >= 11 is 0. The number of amides is 1. The van der Waals surface area contributed by atoms with Crippen LogP contribution >= 0.6 is 0 Å². The lowest BCUT2D eigenvalue weighted by atomic mass is 10.1. The normalized spacial score (nSPS) is 10.7. The van der Waals surface area contributed by atoms with E-state index in [1.807, 2.05) is 0 Å². The van der Waals surface area contributed by atoms with Gasteiger partial charge in [0.2, 0.25) is 0 Å². The predicted molar refractivity (Wildman–Crippen MR) is 127 cm³/mol. The second kappa shape index (κ2) is 9.50. The molecule has 34 heavy (non-hydrogen) atoms. The summed E-state index contributed by atoms with van der Waals surface area (Å²) in [6, 6.07) is 17.9. The van der Waals surface area contributed by atoms with E-state index in [1.165, 1.54) is 29.9 Å². The summed E-state index contributed by atoms with van der Waals surface area (Å²) in [5.41, 5.74) is 1.80. The minimum Gasteiger partial charge on any atom is -0.504 e. The number of carbonyl (C=O) groups is 2. The number of rotatable bonds is 7. The Hall–Kier alpha value is -4.59. The van der Waals surface area contributed by atoms with E-state index in [4.69, 9.17) is 9.84 Å². The Labute approximate surface area is 194 Å². The van der Waals surface area contributed by atoms with E-state index >= 15 is 0 Å². The van der Waals surface area contributed by atoms with Crippen molar-refractivity contribution in [3.63, 3.8) is 0 Å². The summed E-state index contributed by atoms with van der Waals surface area (Å²) in [4.78, 5) is 36.8. The van der Waals surface area contributed by atoms with Crippen LogP contribution in [0.4, 0.5) is 0 Å². The second-order valence-electron chi connectivity index (χ2n) is 7.74. The molecule has 4 rings (SSSR count). The molecule has 172 valence electrons. The largest absolute Gasteiger partial charge is 0.504 e. The molecular weight excluding hydrogens is 436 g/mol. The lowest BCUT2D eigenvalue weighted by Crippen LogP contribution is -2.24. The van der Waals surface area contributed by atoms with Crippen molar-refractivity contribution in [2.75, 3.05) is 7.11 Å². The van der Waals surface area contributed by atoms with Crippen molar-refractivity contribution in [1.29, 1.82) is 0 Å². The van der Waals surface area contributed by atoms with Crippen LogP contribution in [0, 0.1) is 0 Å². The van der Waals surface area contributed by atoms with Gasteiger partial charge in [0.15, 0.2) is 11.5 Å². The molecule has 3 aromatic carbocycles. The van der Waals surface area contributed by atoms with Gasteiger partial charge in [-0.2, -0.15) is 0 Å². The lowest BCUT2D eigenvalue weighted by molar-refractivity contribution is 0.0696. The molecule has 0 aliphatic carbocycles. The van der Waals surface area contributed by atoms with Gasteiger partial charge in [-0.15, -0.1) is 0 Å². The molecule has 0 bridgehead atoms. The SMILES string of the molecule is COc1cc(CNC(=O)c2ccc3ccn(Cc4ccc(C(=O)O)cc4)c(=O)c3c2)ccc1O. The number of hydrogen-bond acceptors (Lipinski definition) is 5. The maximum atomic E-state index is 13.1. The maximum Gasteiger partial charge on any atom is 0.335 e. The summed E-state index contributed by atoms with van der Waals surface area (Å²) in [7, 11) is 1.45. The third kappa shape index (κ3) is 4.75. The van der Waals surface area contributed by atoms with Gasteiger partial charge in [-0.3, -0.25) is 9.59 Å². The van der Waals surface area contributed by atoms with Crippen molar-refractivity contribution < 1.29 is 24.5 Å². The fraction of sp³-hybridized carbons (Fsp3) is 0.115. The fourth-order valence-corrected chi connectivity index (χ4v) is 3.61. The highest BCUT2D eigenvalue weighted by molar-refractivity contribution is 5.98. The van der Waals surface area contributed by atoms with E-state index < -0.39 is 5.97 Å². The third-order valence-corrected chi connectivity index (χ3v) is 5.49. The van der Waals surface area contributed by atoms with E-state index in [0.717, 1.165) is 11.1 Å². The van der Waals surface area contributed by atoms with Gasteiger partial charge in [0.05, 0.1) is 19.2 Å². The molecule has 0 aliphatic heterocycles. The number of methoxy groups -OCH3 is 1. The number of pyridine rings is 1. The van der Waals surface area contributed by atoms with Gasteiger partial charge < -0.3 is 24.8 Å².